The second-order valence-electron chi connectivity index (χ2n) is 11.8. The molecule has 1 saturated heterocycles. The third-order valence-corrected chi connectivity index (χ3v) is 9.40. The van der Waals surface area contributed by atoms with E-state index in [-0.39, 0.29) is 29.5 Å². The van der Waals surface area contributed by atoms with E-state index < -0.39 is 29.9 Å². The molecule has 0 bridgehead atoms. The largest absolute Gasteiger partial charge is 0.416 e. The normalized spacial score (nSPS) is 27.0. The summed E-state index contributed by atoms with van der Waals surface area (Å²) in [6, 6.07) is 11.3. The number of likely N-dealkylation sites (tertiary alicyclic amines) is 1. The summed E-state index contributed by atoms with van der Waals surface area (Å²) in [6.45, 7) is 2.78. The van der Waals surface area contributed by atoms with Crippen molar-refractivity contribution in [2.24, 2.45) is 17.1 Å². The van der Waals surface area contributed by atoms with Crippen molar-refractivity contribution >= 4 is 12.0 Å². The Morgan fingerprint density at radius 3 is 2.57 bits per heavy atom. The first-order chi connectivity index (χ1) is 20.0. The van der Waals surface area contributed by atoms with Crippen molar-refractivity contribution in [3.05, 3.63) is 76.6 Å². The summed E-state index contributed by atoms with van der Waals surface area (Å²) in [5.41, 5.74) is 7.00. The van der Waals surface area contributed by atoms with Crippen LogP contribution in [0.2, 0.25) is 0 Å². The Morgan fingerprint density at radius 1 is 1.14 bits per heavy atom. The molecule has 2 aromatic rings. The molecule has 2 fully saturated rings. The van der Waals surface area contributed by atoms with Crippen molar-refractivity contribution in [3.63, 3.8) is 0 Å². The molecule has 4 nitrogen and oxygen atoms in total. The zero-order valence-corrected chi connectivity index (χ0v) is 23.8. The van der Waals surface area contributed by atoms with E-state index in [9.17, 15) is 31.1 Å². The van der Waals surface area contributed by atoms with Crippen molar-refractivity contribution in [2.45, 2.75) is 69.6 Å². The fraction of sp³-hybridized carbons (Fsp3) is 0.531. The van der Waals surface area contributed by atoms with Crippen molar-refractivity contribution in [1.82, 2.24) is 10.2 Å². The van der Waals surface area contributed by atoms with Crippen LogP contribution in [0.4, 0.5) is 26.3 Å². The molecular formula is C32H39F6N3O. The van der Waals surface area contributed by atoms with Gasteiger partial charge < -0.3 is 11.1 Å². The smallest absolute Gasteiger partial charge is 0.352 e. The van der Waals surface area contributed by atoms with Gasteiger partial charge in [0, 0.05) is 24.5 Å². The summed E-state index contributed by atoms with van der Waals surface area (Å²) in [4.78, 5) is 16.1. The summed E-state index contributed by atoms with van der Waals surface area (Å²) in [6.07, 6.45) is 4.62. The molecule has 0 radical (unpaired) electrons. The van der Waals surface area contributed by atoms with Gasteiger partial charge in [0.05, 0.1) is 11.0 Å². The van der Waals surface area contributed by atoms with Crippen molar-refractivity contribution in [2.75, 3.05) is 26.6 Å². The summed E-state index contributed by atoms with van der Waals surface area (Å²) in [5, 5.41) is 2.84. The molecule has 4 atom stereocenters. The average molecular weight is 596 g/mol. The van der Waals surface area contributed by atoms with E-state index >= 15 is 0 Å². The average Bonchev–Trinajstić information content (AvgIpc) is 3.56. The standard InChI is InChI=1S/C31H37F4N3O.CH2F2/c1-21-20-38(14-12-30(21)11-7-23-5-2-3-6-27(23)30)26-8-10-29(18-26,9-4-13-36)28(39)37-19-22-15-24(31(33,34)35)17-25(32)16-22;2-1-3/h2-3,5-7,11,15-17,21,26H,4,8-10,12-14,18-20,36H2,1H3,(H,37,39);1H2/t21-,26?,29?,30-;/m0./s1. The van der Waals surface area contributed by atoms with E-state index in [0.29, 0.717) is 44.2 Å². The monoisotopic (exact) mass is 595 g/mol. The lowest BCUT2D eigenvalue weighted by Gasteiger charge is -2.46. The van der Waals surface area contributed by atoms with Gasteiger partial charge in [-0.3, -0.25) is 9.69 Å². The lowest BCUT2D eigenvalue weighted by molar-refractivity contribution is -0.137. The Balaban J connectivity index is 0.00000129. The fourth-order valence-electron chi connectivity index (χ4n) is 7.24. The van der Waals surface area contributed by atoms with E-state index in [1.165, 1.54) is 11.1 Å². The first kappa shape index (κ1) is 32.1. The second kappa shape index (κ2) is 13.2. The van der Waals surface area contributed by atoms with Crippen LogP contribution < -0.4 is 11.1 Å². The van der Waals surface area contributed by atoms with Crippen LogP contribution in [0.3, 0.4) is 0 Å². The third-order valence-electron chi connectivity index (χ3n) is 9.40. The van der Waals surface area contributed by atoms with Gasteiger partial charge in [0.2, 0.25) is 12.8 Å². The van der Waals surface area contributed by atoms with Crippen molar-refractivity contribution in [1.29, 1.82) is 0 Å². The van der Waals surface area contributed by atoms with Gasteiger partial charge >= 0.3 is 6.18 Å². The Bertz CT molecular complexity index is 1270. The molecule has 1 amide bonds. The van der Waals surface area contributed by atoms with Gasteiger partial charge in [-0.25, -0.2) is 13.2 Å². The molecule has 1 heterocycles. The van der Waals surface area contributed by atoms with Crippen LogP contribution in [0, 0.1) is 17.2 Å². The molecule has 2 aromatic carbocycles. The highest BCUT2D eigenvalue weighted by Gasteiger charge is 2.49. The number of alkyl halides is 5. The predicted molar refractivity (Wildman–Crippen MR) is 151 cm³/mol. The van der Waals surface area contributed by atoms with Gasteiger partial charge in [0.1, 0.15) is 5.82 Å². The SMILES string of the molecule is C[C@H]1CN(C2CCC(CCCN)(C(=O)NCc3cc(F)cc(C(F)(F)F)c3)C2)CC[C@@]12C=Cc1ccccc12.FCF. The van der Waals surface area contributed by atoms with Gasteiger partial charge in [-0.05, 0) is 92.4 Å². The predicted octanol–water partition coefficient (Wildman–Crippen LogP) is 6.93. The summed E-state index contributed by atoms with van der Waals surface area (Å²) in [5.74, 6) is -0.718. The van der Waals surface area contributed by atoms with Gasteiger partial charge in [0.25, 0.3) is 0 Å². The van der Waals surface area contributed by atoms with Crippen LogP contribution in [0.5, 0.6) is 0 Å². The number of benzene rings is 2. The van der Waals surface area contributed by atoms with Gasteiger partial charge in [-0.2, -0.15) is 13.2 Å². The molecule has 5 rings (SSSR count). The third kappa shape index (κ3) is 6.70. The van der Waals surface area contributed by atoms with Gasteiger partial charge in [-0.1, -0.05) is 43.3 Å². The number of hydrogen-bond acceptors (Lipinski definition) is 3. The molecule has 3 aliphatic rings. The van der Waals surface area contributed by atoms with E-state index in [1.807, 2.05) is 0 Å². The number of nitrogens with two attached hydrogens (primary N) is 1. The number of hydrogen-bond donors (Lipinski definition) is 2. The molecule has 2 aliphatic carbocycles. The molecule has 10 heteroatoms. The number of nitrogens with one attached hydrogen (secondary N) is 1. The van der Waals surface area contributed by atoms with Crippen LogP contribution in [0.25, 0.3) is 6.08 Å². The van der Waals surface area contributed by atoms with Crippen LogP contribution in [-0.2, 0) is 22.9 Å². The van der Waals surface area contributed by atoms with Crippen molar-refractivity contribution in [3.8, 4) is 0 Å². The fourth-order valence-corrected chi connectivity index (χ4v) is 7.24. The van der Waals surface area contributed by atoms with E-state index in [2.05, 4.69) is 53.6 Å². The number of carbonyl (C=O) groups is 1. The number of allylic oxidation sites excluding steroid dienone is 1. The zero-order valence-electron chi connectivity index (χ0n) is 23.8. The quantitative estimate of drug-likeness (QED) is 0.342. The second-order valence-corrected chi connectivity index (χ2v) is 11.8. The highest BCUT2D eigenvalue weighted by atomic mass is 19.4. The highest BCUT2D eigenvalue weighted by molar-refractivity contribution is 5.83. The molecule has 42 heavy (non-hydrogen) atoms. The molecule has 2 unspecified atom stereocenters. The van der Waals surface area contributed by atoms with Crippen LogP contribution >= 0.6 is 0 Å². The van der Waals surface area contributed by atoms with Crippen LogP contribution in [-0.4, -0.2) is 43.4 Å². The Hall–Kier alpha value is -2.85. The Labute approximate surface area is 243 Å². The number of carbonyl (C=O) groups excluding carboxylic acids is 1. The molecule has 1 saturated carbocycles. The van der Waals surface area contributed by atoms with E-state index in [0.717, 1.165) is 38.1 Å². The Kier molecular flexibility index (Phi) is 10.1. The molecule has 1 spiro atoms. The number of rotatable bonds is 7. The number of nitrogens with zero attached hydrogens (tertiary/aromatic N) is 1. The maximum atomic E-state index is 13.9. The lowest BCUT2D eigenvalue weighted by Crippen LogP contribution is -2.51. The first-order valence-electron chi connectivity index (χ1n) is 14.5. The maximum Gasteiger partial charge on any atom is 0.416 e. The van der Waals surface area contributed by atoms with Crippen molar-refractivity contribution < 1.29 is 31.1 Å². The first-order valence-corrected chi connectivity index (χ1v) is 14.5. The van der Waals surface area contributed by atoms with E-state index in [1.54, 1.807) is 0 Å². The molecule has 1 aliphatic heterocycles. The summed E-state index contributed by atoms with van der Waals surface area (Å²) >= 11 is 0. The van der Waals surface area contributed by atoms with Crippen LogP contribution in [0.15, 0.2) is 48.5 Å². The number of fused-ring (bicyclic) bond motifs is 2. The Morgan fingerprint density at radius 2 is 1.88 bits per heavy atom. The lowest BCUT2D eigenvalue weighted by atomic mass is 9.67. The van der Waals surface area contributed by atoms with Crippen LogP contribution in [0.1, 0.15) is 67.7 Å². The minimum Gasteiger partial charge on any atom is -0.352 e. The summed E-state index contributed by atoms with van der Waals surface area (Å²) < 4.78 is 72.5. The van der Waals surface area contributed by atoms with Gasteiger partial charge in [0.15, 0.2) is 0 Å². The number of amides is 1. The maximum absolute atomic E-state index is 13.9. The highest BCUT2D eigenvalue weighted by Crippen LogP contribution is 2.50. The van der Waals surface area contributed by atoms with E-state index in [4.69, 9.17) is 5.73 Å². The molecule has 0 aromatic heterocycles. The summed E-state index contributed by atoms with van der Waals surface area (Å²) in [7, 11) is 0. The zero-order chi connectivity index (χ0) is 30.5. The number of piperidine rings is 1. The molecular weight excluding hydrogens is 556 g/mol. The van der Waals surface area contributed by atoms with Gasteiger partial charge in [-0.15, -0.1) is 0 Å². The molecule has 230 valence electrons. The number of halogens is 6. The topological polar surface area (TPSA) is 58.4 Å². The minimum atomic E-state index is -4.65. The minimum absolute atomic E-state index is 0.0555. The molecule has 3 N–H and O–H groups in total.